The second-order valence-corrected chi connectivity index (χ2v) is 5.66. The van der Waals surface area contributed by atoms with Gasteiger partial charge < -0.3 is 14.5 Å². The van der Waals surface area contributed by atoms with Crippen LogP contribution in [0, 0.1) is 0 Å². The molecule has 18 heavy (non-hydrogen) atoms. The molecule has 0 spiro atoms. The molecule has 108 valence electrons. The number of hydrogen-bond acceptors (Lipinski definition) is 5. The minimum atomic E-state index is -0.663. The summed E-state index contributed by atoms with van der Waals surface area (Å²) >= 11 is 0. The lowest BCUT2D eigenvalue weighted by Gasteiger charge is -2.34. The van der Waals surface area contributed by atoms with Crippen LogP contribution in [0.25, 0.3) is 0 Å². The SMILES string of the molecule is COC(=O)C(C)(CN(C)CCN(C)C)NC(C)C. The third-order valence-corrected chi connectivity index (χ3v) is 2.76. The first-order valence-electron chi connectivity index (χ1n) is 6.40. The van der Waals surface area contributed by atoms with Gasteiger partial charge in [0.1, 0.15) is 5.54 Å². The van der Waals surface area contributed by atoms with E-state index in [-0.39, 0.29) is 12.0 Å². The Balaban J connectivity index is 4.53. The molecule has 1 atom stereocenters. The standard InChI is InChI=1S/C13H29N3O2/c1-11(2)14-13(3,12(17)18-7)10-16(6)9-8-15(4)5/h11,14H,8-10H2,1-7H3. The number of likely N-dealkylation sites (N-methyl/N-ethyl adjacent to an activating group) is 2. The van der Waals surface area contributed by atoms with Gasteiger partial charge in [0.05, 0.1) is 7.11 Å². The number of esters is 1. The van der Waals surface area contributed by atoms with Gasteiger partial charge in [0.15, 0.2) is 0 Å². The smallest absolute Gasteiger partial charge is 0.327 e. The molecular formula is C13H29N3O2. The molecule has 5 heteroatoms. The Labute approximate surface area is 111 Å². The van der Waals surface area contributed by atoms with Gasteiger partial charge in [-0.2, -0.15) is 0 Å². The second kappa shape index (κ2) is 7.71. The molecule has 0 rings (SSSR count). The van der Waals surface area contributed by atoms with E-state index in [0.717, 1.165) is 13.1 Å². The maximum absolute atomic E-state index is 11.9. The average Bonchev–Trinajstić information content (AvgIpc) is 2.23. The number of nitrogens with one attached hydrogen (secondary N) is 1. The number of carbonyl (C=O) groups excluding carboxylic acids is 1. The highest BCUT2D eigenvalue weighted by Gasteiger charge is 2.35. The first-order chi connectivity index (χ1) is 8.21. The van der Waals surface area contributed by atoms with Crippen LogP contribution in [-0.4, -0.2) is 75.2 Å². The lowest BCUT2D eigenvalue weighted by atomic mass is 10.0. The summed E-state index contributed by atoms with van der Waals surface area (Å²) in [7, 11) is 7.54. The Bertz CT molecular complexity index is 257. The monoisotopic (exact) mass is 259 g/mol. The molecule has 0 saturated heterocycles. The summed E-state index contributed by atoms with van der Waals surface area (Å²) in [6.07, 6.45) is 0. The molecule has 0 aliphatic carbocycles. The fourth-order valence-electron chi connectivity index (χ4n) is 2.02. The van der Waals surface area contributed by atoms with Gasteiger partial charge >= 0.3 is 5.97 Å². The van der Waals surface area contributed by atoms with Crippen LogP contribution in [0.5, 0.6) is 0 Å². The van der Waals surface area contributed by atoms with Crippen molar-refractivity contribution in [2.75, 3.05) is 47.9 Å². The van der Waals surface area contributed by atoms with E-state index in [9.17, 15) is 4.79 Å². The molecule has 0 aromatic rings. The highest BCUT2D eigenvalue weighted by atomic mass is 16.5. The van der Waals surface area contributed by atoms with Crippen molar-refractivity contribution >= 4 is 5.97 Å². The molecule has 0 radical (unpaired) electrons. The second-order valence-electron chi connectivity index (χ2n) is 5.66. The molecule has 5 nitrogen and oxygen atoms in total. The number of hydrogen-bond donors (Lipinski definition) is 1. The topological polar surface area (TPSA) is 44.8 Å². The molecule has 0 bridgehead atoms. The Morgan fingerprint density at radius 3 is 2.22 bits per heavy atom. The number of carbonyl (C=O) groups is 1. The highest BCUT2D eigenvalue weighted by Crippen LogP contribution is 2.10. The minimum absolute atomic E-state index is 0.215. The number of ether oxygens (including phenoxy) is 1. The quantitative estimate of drug-likeness (QED) is 0.640. The fourth-order valence-corrected chi connectivity index (χ4v) is 2.02. The Morgan fingerprint density at radius 2 is 1.83 bits per heavy atom. The first kappa shape index (κ1) is 17.4. The molecule has 0 aliphatic heterocycles. The van der Waals surface area contributed by atoms with Gasteiger partial charge in [-0.25, -0.2) is 0 Å². The summed E-state index contributed by atoms with van der Waals surface area (Å²) in [6.45, 7) is 8.47. The molecule has 0 saturated carbocycles. The average molecular weight is 259 g/mol. The van der Waals surface area contributed by atoms with Crippen LogP contribution in [0.1, 0.15) is 20.8 Å². The van der Waals surface area contributed by atoms with Crippen molar-refractivity contribution < 1.29 is 9.53 Å². The predicted octanol–water partition coefficient (Wildman–Crippen LogP) is 0.410. The maximum Gasteiger partial charge on any atom is 0.327 e. The lowest BCUT2D eigenvalue weighted by Crippen LogP contribution is -2.59. The summed E-state index contributed by atoms with van der Waals surface area (Å²) in [5.41, 5.74) is -0.663. The first-order valence-corrected chi connectivity index (χ1v) is 6.40. The van der Waals surface area contributed by atoms with Crippen molar-refractivity contribution in [2.45, 2.75) is 32.4 Å². The van der Waals surface area contributed by atoms with E-state index in [1.54, 1.807) is 0 Å². The van der Waals surface area contributed by atoms with E-state index in [1.165, 1.54) is 7.11 Å². The zero-order valence-electron chi connectivity index (χ0n) is 12.9. The number of nitrogens with zero attached hydrogens (tertiary/aromatic N) is 2. The van der Waals surface area contributed by atoms with Gasteiger partial charge in [0.25, 0.3) is 0 Å². The van der Waals surface area contributed by atoms with Crippen molar-refractivity contribution in [3.63, 3.8) is 0 Å². The van der Waals surface area contributed by atoms with Crippen LogP contribution < -0.4 is 5.32 Å². The molecule has 1 unspecified atom stereocenters. The van der Waals surface area contributed by atoms with E-state index < -0.39 is 5.54 Å². The normalized spacial score (nSPS) is 15.2. The zero-order chi connectivity index (χ0) is 14.3. The summed E-state index contributed by atoms with van der Waals surface area (Å²) in [5.74, 6) is -0.215. The molecule has 0 aliphatic rings. The molecule has 0 amide bonds. The minimum Gasteiger partial charge on any atom is -0.468 e. The van der Waals surface area contributed by atoms with E-state index in [2.05, 4.69) is 15.1 Å². The molecule has 0 aromatic carbocycles. The van der Waals surface area contributed by atoms with Crippen LogP contribution in [-0.2, 0) is 9.53 Å². The van der Waals surface area contributed by atoms with Gasteiger partial charge in [-0.15, -0.1) is 0 Å². The zero-order valence-corrected chi connectivity index (χ0v) is 12.9. The van der Waals surface area contributed by atoms with Crippen LogP contribution in [0.15, 0.2) is 0 Å². The third kappa shape index (κ3) is 6.33. The highest BCUT2D eigenvalue weighted by molar-refractivity contribution is 5.80. The van der Waals surface area contributed by atoms with Crippen LogP contribution in [0.2, 0.25) is 0 Å². The molecular weight excluding hydrogens is 230 g/mol. The maximum atomic E-state index is 11.9. The third-order valence-electron chi connectivity index (χ3n) is 2.76. The Morgan fingerprint density at radius 1 is 1.28 bits per heavy atom. The van der Waals surface area contributed by atoms with Crippen LogP contribution in [0.3, 0.4) is 0 Å². The van der Waals surface area contributed by atoms with Crippen LogP contribution in [0.4, 0.5) is 0 Å². The molecule has 0 heterocycles. The largest absolute Gasteiger partial charge is 0.468 e. The summed E-state index contributed by atoms with van der Waals surface area (Å²) in [4.78, 5) is 16.2. The van der Waals surface area contributed by atoms with Gasteiger partial charge in [-0.1, -0.05) is 0 Å². The number of rotatable bonds is 8. The molecule has 0 aromatic heterocycles. The van der Waals surface area contributed by atoms with Gasteiger partial charge in [-0.3, -0.25) is 10.1 Å². The van der Waals surface area contributed by atoms with Gasteiger partial charge in [0, 0.05) is 25.7 Å². The Kier molecular flexibility index (Phi) is 7.43. The lowest BCUT2D eigenvalue weighted by molar-refractivity contribution is -0.149. The predicted molar refractivity (Wildman–Crippen MR) is 74.7 cm³/mol. The van der Waals surface area contributed by atoms with E-state index in [1.807, 2.05) is 41.9 Å². The summed E-state index contributed by atoms with van der Waals surface area (Å²) in [6, 6.07) is 0.233. The van der Waals surface area contributed by atoms with Gasteiger partial charge in [-0.05, 0) is 41.9 Å². The van der Waals surface area contributed by atoms with E-state index >= 15 is 0 Å². The Hall–Kier alpha value is -0.650. The van der Waals surface area contributed by atoms with E-state index in [4.69, 9.17) is 4.74 Å². The van der Waals surface area contributed by atoms with E-state index in [0.29, 0.717) is 6.54 Å². The van der Waals surface area contributed by atoms with Crippen molar-refractivity contribution in [1.82, 2.24) is 15.1 Å². The number of methoxy groups -OCH3 is 1. The van der Waals surface area contributed by atoms with Crippen molar-refractivity contribution in [2.24, 2.45) is 0 Å². The van der Waals surface area contributed by atoms with Crippen molar-refractivity contribution in [1.29, 1.82) is 0 Å². The van der Waals surface area contributed by atoms with Crippen molar-refractivity contribution in [3.05, 3.63) is 0 Å². The molecule has 0 fully saturated rings. The van der Waals surface area contributed by atoms with Crippen LogP contribution >= 0.6 is 0 Å². The summed E-state index contributed by atoms with van der Waals surface area (Å²) < 4.78 is 4.90. The van der Waals surface area contributed by atoms with Crippen molar-refractivity contribution in [3.8, 4) is 0 Å². The van der Waals surface area contributed by atoms with Gasteiger partial charge in [0.2, 0.25) is 0 Å². The molecule has 1 N–H and O–H groups in total. The fraction of sp³-hybridized carbons (Fsp3) is 0.923. The summed E-state index contributed by atoms with van der Waals surface area (Å²) in [5, 5.41) is 3.30.